The van der Waals surface area contributed by atoms with Crippen molar-refractivity contribution in [2.24, 2.45) is 0 Å². The molecule has 2 aromatic carbocycles. The van der Waals surface area contributed by atoms with Crippen molar-refractivity contribution < 1.29 is 0 Å². The predicted octanol–water partition coefficient (Wildman–Crippen LogP) is 4.00. The highest BCUT2D eigenvalue weighted by atomic mass is 16.1. The molecule has 2 aromatic heterocycles. The topological polar surface area (TPSA) is 83.6 Å². The number of nitrogens with one attached hydrogen (secondary N) is 2. The molecule has 6 heteroatoms. The van der Waals surface area contributed by atoms with Gasteiger partial charge in [-0.05, 0) is 31.7 Å². The first-order chi connectivity index (χ1) is 13.8. The van der Waals surface area contributed by atoms with Gasteiger partial charge in [-0.1, -0.05) is 42.5 Å². The molecule has 1 aliphatic carbocycles. The maximum absolute atomic E-state index is 12.0. The van der Waals surface area contributed by atoms with E-state index < -0.39 is 0 Å². The van der Waals surface area contributed by atoms with Crippen LogP contribution in [0.15, 0.2) is 59.5 Å². The van der Waals surface area contributed by atoms with Crippen LogP contribution in [-0.4, -0.2) is 26.4 Å². The normalized spacial score (nSPS) is 19.7. The molecule has 4 aromatic rings. The minimum absolute atomic E-state index is 0.121. The number of hydrogen-bond donors (Lipinski definition) is 2. The van der Waals surface area contributed by atoms with E-state index in [9.17, 15) is 4.79 Å². The Labute approximate surface area is 162 Å². The minimum atomic E-state index is -0.121. The Morgan fingerprint density at radius 2 is 1.61 bits per heavy atom. The van der Waals surface area contributed by atoms with E-state index in [1.54, 1.807) is 6.20 Å². The summed E-state index contributed by atoms with van der Waals surface area (Å²) in [5, 5.41) is 23.0. The first kappa shape index (κ1) is 16.9. The van der Waals surface area contributed by atoms with Crippen molar-refractivity contribution in [3.05, 3.63) is 70.8 Å². The predicted molar refractivity (Wildman–Crippen MR) is 111 cm³/mol. The maximum atomic E-state index is 12.0. The van der Waals surface area contributed by atoms with Crippen LogP contribution in [0.3, 0.4) is 0 Å². The van der Waals surface area contributed by atoms with Crippen molar-refractivity contribution in [1.82, 2.24) is 20.4 Å². The van der Waals surface area contributed by atoms with Gasteiger partial charge in [-0.25, -0.2) is 5.10 Å². The van der Waals surface area contributed by atoms with Gasteiger partial charge in [0.05, 0.1) is 17.3 Å². The van der Waals surface area contributed by atoms with Crippen molar-refractivity contribution >= 4 is 27.4 Å². The summed E-state index contributed by atoms with van der Waals surface area (Å²) in [6.07, 6.45) is 5.91. The van der Waals surface area contributed by atoms with E-state index in [4.69, 9.17) is 0 Å². The Hall–Kier alpha value is -3.28. The zero-order valence-corrected chi connectivity index (χ0v) is 15.4. The second-order valence-electron chi connectivity index (χ2n) is 7.46. The summed E-state index contributed by atoms with van der Waals surface area (Å²) >= 11 is 0. The van der Waals surface area contributed by atoms with Gasteiger partial charge < -0.3 is 5.32 Å². The number of H-pyrrole nitrogens is 1. The molecular formula is C22H21N5O. The molecule has 0 atom stereocenters. The van der Waals surface area contributed by atoms with Gasteiger partial charge >= 0.3 is 0 Å². The highest BCUT2D eigenvalue weighted by Gasteiger charge is 2.25. The number of hydrogen-bond acceptors (Lipinski definition) is 5. The average Bonchev–Trinajstić information content (AvgIpc) is 2.75. The van der Waals surface area contributed by atoms with Gasteiger partial charge in [0.25, 0.3) is 5.56 Å². The second-order valence-corrected chi connectivity index (χ2v) is 7.46. The van der Waals surface area contributed by atoms with Crippen LogP contribution >= 0.6 is 0 Å². The van der Waals surface area contributed by atoms with Crippen molar-refractivity contribution in [2.75, 3.05) is 5.32 Å². The van der Waals surface area contributed by atoms with Crippen LogP contribution in [0.1, 0.15) is 37.3 Å². The molecule has 1 saturated carbocycles. The third-order valence-corrected chi connectivity index (χ3v) is 5.75. The van der Waals surface area contributed by atoms with Crippen molar-refractivity contribution in [2.45, 2.75) is 37.6 Å². The molecule has 0 bridgehead atoms. The fourth-order valence-electron chi connectivity index (χ4n) is 4.29. The highest BCUT2D eigenvalue weighted by molar-refractivity contribution is 5.91. The molecule has 28 heavy (non-hydrogen) atoms. The lowest BCUT2D eigenvalue weighted by Gasteiger charge is -2.29. The molecule has 5 rings (SSSR count). The van der Waals surface area contributed by atoms with Crippen LogP contribution in [0.5, 0.6) is 0 Å². The zero-order chi connectivity index (χ0) is 18.9. The molecular weight excluding hydrogens is 350 g/mol. The number of benzene rings is 2. The lowest BCUT2D eigenvalue weighted by molar-refractivity contribution is 0.406. The van der Waals surface area contributed by atoms with Crippen LogP contribution in [-0.2, 0) is 0 Å². The van der Waals surface area contributed by atoms with Gasteiger partial charge in [-0.2, -0.15) is 10.2 Å². The molecule has 0 saturated heterocycles. The summed E-state index contributed by atoms with van der Waals surface area (Å²) in [5.41, 5.74) is 0.892. The Morgan fingerprint density at radius 3 is 2.43 bits per heavy atom. The van der Waals surface area contributed by atoms with Gasteiger partial charge in [-0.15, -0.1) is 5.10 Å². The first-order valence-corrected chi connectivity index (χ1v) is 9.74. The van der Waals surface area contributed by atoms with Crippen LogP contribution in [0, 0.1) is 0 Å². The largest absolute Gasteiger partial charge is 0.365 e. The lowest BCUT2D eigenvalue weighted by Crippen LogP contribution is -2.27. The number of rotatable bonds is 3. The number of fused-ring (bicyclic) bond motifs is 2. The van der Waals surface area contributed by atoms with Crippen LogP contribution < -0.4 is 10.9 Å². The monoisotopic (exact) mass is 371 g/mol. The molecule has 1 aliphatic rings. The second kappa shape index (κ2) is 7.03. The lowest BCUT2D eigenvalue weighted by atomic mass is 9.82. The van der Waals surface area contributed by atoms with Crippen LogP contribution in [0.25, 0.3) is 21.5 Å². The number of aromatic nitrogens is 4. The molecule has 6 nitrogen and oxygen atoms in total. The summed E-state index contributed by atoms with van der Waals surface area (Å²) in [6, 6.07) is 16.3. The van der Waals surface area contributed by atoms with Crippen molar-refractivity contribution in [3.8, 4) is 0 Å². The Bertz CT molecular complexity index is 1190. The fourth-order valence-corrected chi connectivity index (χ4v) is 4.29. The molecule has 2 heterocycles. The third kappa shape index (κ3) is 3.01. The molecule has 0 aliphatic heterocycles. The number of anilines is 1. The standard InChI is InChI=1S/C22H21N5O/c28-22-19-8-4-3-7-18(19)20(25-27-22)14-9-11-16(12-10-14)24-21-17-6-2-1-5-15(17)13-23-26-21/h1-8,13-14,16H,9-12H2,(H,24,26)(H,27,28)/t14-,16-. The molecule has 0 unspecified atom stereocenters. The van der Waals surface area contributed by atoms with Gasteiger partial charge in [0, 0.05) is 28.1 Å². The molecule has 1 fully saturated rings. The van der Waals surface area contributed by atoms with E-state index in [-0.39, 0.29) is 5.56 Å². The highest BCUT2D eigenvalue weighted by Crippen LogP contribution is 2.35. The Kier molecular flexibility index (Phi) is 4.24. The SMILES string of the molecule is O=c1[nH]nc([C@H]2CC[C@H](Nc3nncc4ccccc34)CC2)c2ccccc12. The molecule has 140 valence electrons. The Balaban J connectivity index is 1.35. The summed E-state index contributed by atoms with van der Waals surface area (Å²) in [7, 11) is 0. The molecule has 0 spiro atoms. The summed E-state index contributed by atoms with van der Waals surface area (Å²) < 4.78 is 0. The van der Waals surface area contributed by atoms with Gasteiger partial charge in [0.2, 0.25) is 0 Å². The van der Waals surface area contributed by atoms with Crippen molar-refractivity contribution in [3.63, 3.8) is 0 Å². The fraction of sp³-hybridized carbons (Fsp3) is 0.273. The van der Waals surface area contributed by atoms with Crippen LogP contribution in [0.2, 0.25) is 0 Å². The molecule has 0 amide bonds. The van der Waals surface area contributed by atoms with Gasteiger partial charge in [-0.3, -0.25) is 4.79 Å². The van der Waals surface area contributed by atoms with Gasteiger partial charge in [0.15, 0.2) is 5.82 Å². The third-order valence-electron chi connectivity index (χ3n) is 5.75. The quantitative estimate of drug-likeness (QED) is 0.569. The first-order valence-electron chi connectivity index (χ1n) is 9.74. The van der Waals surface area contributed by atoms with E-state index in [0.29, 0.717) is 12.0 Å². The zero-order valence-electron chi connectivity index (χ0n) is 15.4. The summed E-state index contributed by atoms with van der Waals surface area (Å²) in [6.45, 7) is 0. The van der Waals surface area contributed by atoms with E-state index >= 15 is 0 Å². The summed E-state index contributed by atoms with van der Waals surface area (Å²) in [5.74, 6) is 1.22. The summed E-state index contributed by atoms with van der Waals surface area (Å²) in [4.78, 5) is 12.0. The smallest absolute Gasteiger partial charge is 0.272 e. The van der Waals surface area contributed by atoms with Crippen molar-refractivity contribution in [1.29, 1.82) is 0 Å². The van der Waals surface area contributed by atoms with E-state index in [2.05, 4.69) is 37.8 Å². The average molecular weight is 371 g/mol. The molecule has 2 N–H and O–H groups in total. The molecule has 0 radical (unpaired) electrons. The minimum Gasteiger partial charge on any atom is -0.365 e. The Morgan fingerprint density at radius 1 is 0.893 bits per heavy atom. The van der Waals surface area contributed by atoms with E-state index in [0.717, 1.165) is 58.7 Å². The number of aromatic amines is 1. The van der Waals surface area contributed by atoms with Gasteiger partial charge in [0.1, 0.15) is 0 Å². The van der Waals surface area contributed by atoms with E-state index in [1.165, 1.54) is 0 Å². The number of nitrogens with zero attached hydrogens (tertiary/aromatic N) is 3. The van der Waals surface area contributed by atoms with E-state index in [1.807, 2.05) is 36.4 Å². The van der Waals surface area contributed by atoms with Crippen LogP contribution in [0.4, 0.5) is 5.82 Å². The maximum Gasteiger partial charge on any atom is 0.272 e.